The Labute approximate surface area is 108 Å². The number of carbonyl (C=O) groups excluding carboxylic acids is 1. The minimum absolute atomic E-state index is 0.0973. The van der Waals surface area contributed by atoms with E-state index in [-0.39, 0.29) is 5.91 Å². The van der Waals surface area contributed by atoms with Gasteiger partial charge in [0.15, 0.2) is 0 Å². The summed E-state index contributed by atoms with van der Waals surface area (Å²) in [5.74, 6) is 0.448. The lowest BCUT2D eigenvalue weighted by molar-refractivity contribution is -0.119. The molecule has 1 amide bonds. The highest BCUT2D eigenvalue weighted by Crippen LogP contribution is 2.17. The highest BCUT2D eigenvalue weighted by Gasteiger charge is 2.12. The van der Waals surface area contributed by atoms with Gasteiger partial charge < -0.3 is 10.6 Å². The van der Waals surface area contributed by atoms with Crippen LogP contribution in [0.5, 0.6) is 0 Å². The molecular weight excluding hydrogens is 232 g/mol. The van der Waals surface area contributed by atoms with Crippen LogP contribution in [-0.2, 0) is 4.79 Å². The Hall–Kier alpha value is -1.42. The average Bonchev–Trinajstić information content (AvgIpc) is 2.27. The van der Waals surface area contributed by atoms with E-state index < -0.39 is 0 Å². The zero-order valence-electron chi connectivity index (χ0n) is 10.4. The molecule has 0 aliphatic heterocycles. The van der Waals surface area contributed by atoms with Gasteiger partial charge in [0.25, 0.3) is 0 Å². The van der Waals surface area contributed by atoms with Gasteiger partial charge in [0, 0.05) is 24.7 Å². The molecule has 0 fully saturated rings. The van der Waals surface area contributed by atoms with Crippen molar-refractivity contribution in [3.8, 4) is 0 Å². The first-order valence-corrected chi connectivity index (χ1v) is 5.99. The molecule has 0 heterocycles. The van der Waals surface area contributed by atoms with Gasteiger partial charge in [-0.2, -0.15) is 0 Å². The van der Waals surface area contributed by atoms with Crippen LogP contribution in [0.1, 0.15) is 25.8 Å². The number of hydrogen-bond donors (Lipinski definition) is 1. The van der Waals surface area contributed by atoms with Gasteiger partial charge in [-0.1, -0.05) is 38.2 Å². The Kier molecular flexibility index (Phi) is 4.63. The fraction of sp³-hybridized carbons (Fsp3) is 0.385. The van der Waals surface area contributed by atoms with Gasteiger partial charge in [-0.05, 0) is 18.1 Å². The standard InChI is InChI=1S/C13H18N2OS/c1-9(2)7-12(16)15(3)11-6-4-5-10(8-11)13(14)17/h4-6,8-9H,7H2,1-3H3,(H2,14,17). The normalized spacial score (nSPS) is 10.4. The number of amides is 1. The molecule has 4 heteroatoms. The number of benzene rings is 1. The maximum atomic E-state index is 11.9. The molecule has 17 heavy (non-hydrogen) atoms. The van der Waals surface area contributed by atoms with Crippen molar-refractivity contribution in [1.29, 1.82) is 0 Å². The summed E-state index contributed by atoms with van der Waals surface area (Å²) in [5.41, 5.74) is 7.17. The fourth-order valence-electron chi connectivity index (χ4n) is 1.50. The zero-order valence-corrected chi connectivity index (χ0v) is 11.3. The van der Waals surface area contributed by atoms with Crippen LogP contribution in [0.2, 0.25) is 0 Å². The number of anilines is 1. The Bertz CT molecular complexity index is 429. The molecule has 0 spiro atoms. The molecule has 1 aromatic carbocycles. The Balaban J connectivity index is 2.88. The van der Waals surface area contributed by atoms with E-state index in [0.29, 0.717) is 17.3 Å². The summed E-state index contributed by atoms with van der Waals surface area (Å²) >= 11 is 4.92. The summed E-state index contributed by atoms with van der Waals surface area (Å²) < 4.78 is 0. The minimum atomic E-state index is 0.0973. The third-order valence-electron chi connectivity index (χ3n) is 2.47. The van der Waals surface area contributed by atoms with Crippen molar-refractivity contribution in [2.24, 2.45) is 11.7 Å². The number of rotatable bonds is 4. The quantitative estimate of drug-likeness (QED) is 0.834. The van der Waals surface area contributed by atoms with Gasteiger partial charge in [-0.15, -0.1) is 0 Å². The molecule has 0 bridgehead atoms. The molecule has 0 saturated heterocycles. The topological polar surface area (TPSA) is 46.3 Å². The van der Waals surface area contributed by atoms with Crippen LogP contribution in [0.15, 0.2) is 24.3 Å². The van der Waals surface area contributed by atoms with Gasteiger partial charge in [-0.3, -0.25) is 4.79 Å². The first-order chi connectivity index (χ1) is 7.91. The highest BCUT2D eigenvalue weighted by atomic mass is 32.1. The van der Waals surface area contributed by atoms with Crippen molar-refractivity contribution >= 4 is 28.8 Å². The summed E-state index contributed by atoms with van der Waals surface area (Å²) in [4.78, 5) is 13.9. The van der Waals surface area contributed by atoms with Gasteiger partial charge in [0.2, 0.25) is 5.91 Å². The number of thiocarbonyl (C=S) groups is 1. The van der Waals surface area contributed by atoms with Crippen LogP contribution in [-0.4, -0.2) is 17.9 Å². The number of carbonyl (C=O) groups is 1. The van der Waals surface area contributed by atoms with Gasteiger partial charge in [-0.25, -0.2) is 0 Å². The van der Waals surface area contributed by atoms with Crippen molar-refractivity contribution in [2.75, 3.05) is 11.9 Å². The molecule has 1 aromatic rings. The first-order valence-electron chi connectivity index (χ1n) is 5.58. The maximum absolute atomic E-state index is 11.9. The Morgan fingerprint density at radius 2 is 2.12 bits per heavy atom. The molecule has 92 valence electrons. The van der Waals surface area contributed by atoms with Gasteiger partial charge >= 0.3 is 0 Å². The lowest BCUT2D eigenvalue weighted by atomic mass is 10.1. The predicted molar refractivity (Wildman–Crippen MR) is 75.2 cm³/mol. The molecule has 0 atom stereocenters. The van der Waals surface area contributed by atoms with E-state index in [1.165, 1.54) is 0 Å². The number of hydrogen-bond acceptors (Lipinski definition) is 2. The summed E-state index contributed by atoms with van der Waals surface area (Å²) in [6, 6.07) is 7.40. The van der Waals surface area contributed by atoms with Crippen LogP contribution in [0, 0.1) is 5.92 Å². The highest BCUT2D eigenvalue weighted by molar-refractivity contribution is 7.80. The van der Waals surface area contributed by atoms with E-state index in [4.69, 9.17) is 18.0 Å². The molecule has 0 aliphatic carbocycles. The molecule has 0 radical (unpaired) electrons. The zero-order chi connectivity index (χ0) is 13.0. The second kappa shape index (κ2) is 5.77. The average molecular weight is 250 g/mol. The Morgan fingerprint density at radius 3 is 2.65 bits per heavy atom. The van der Waals surface area contributed by atoms with Crippen molar-refractivity contribution in [1.82, 2.24) is 0 Å². The molecule has 0 aliphatic rings. The molecule has 3 nitrogen and oxygen atoms in total. The SMILES string of the molecule is CC(C)CC(=O)N(C)c1cccc(C(N)=S)c1. The van der Waals surface area contributed by atoms with E-state index >= 15 is 0 Å². The fourth-order valence-corrected chi connectivity index (χ4v) is 1.62. The molecule has 1 rings (SSSR count). The maximum Gasteiger partial charge on any atom is 0.226 e. The molecule has 2 N–H and O–H groups in total. The molecule has 0 unspecified atom stereocenters. The van der Waals surface area contributed by atoms with E-state index in [2.05, 4.69) is 0 Å². The molecule has 0 saturated carbocycles. The molecule has 0 aromatic heterocycles. The lowest BCUT2D eigenvalue weighted by Crippen LogP contribution is -2.27. The van der Waals surface area contributed by atoms with Crippen molar-refractivity contribution in [3.05, 3.63) is 29.8 Å². The number of nitrogens with zero attached hydrogens (tertiary/aromatic N) is 1. The third-order valence-corrected chi connectivity index (χ3v) is 2.71. The third kappa shape index (κ3) is 3.82. The predicted octanol–water partition coefficient (Wildman–Crippen LogP) is 2.33. The van der Waals surface area contributed by atoms with Crippen molar-refractivity contribution < 1.29 is 4.79 Å². The van der Waals surface area contributed by atoms with Crippen molar-refractivity contribution in [3.63, 3.8) is 0 Å². The van der Waals surface area contributed by atoms with Crippen LogP contribution >= 0.6 is 12.2 Å². The largest absolute Gasteiger partial charge is 0.389 e. The van der Waals surface area contributed by atoms with E-state index in [9.17, 15) is 4.79 Å². The monoisotopic (exact) mass is 250 g/mol. The van der Waals surface area contributed by atoms with Crippen LogP contribution in [0.4, 0.5) is 5.69 Å². The Morgan fingerprint density at radius 1 is 1.47 bits per heavy atom. The molecular formula is C13H18N2OS. The minimum Gasteiger partial charge on any atom is -0.389 e. The van der Waals surface area contributed by atoms with E-state index in [1.54, 1.807) is 11.9 Å². The van der Waals surface area contributed by atoms with Crippen LogP contribution in [0.3, 0.4) is 0 Å². The first kappa shape index (κ1) is 13.6. The van der Waals surface area contributed by atoms with Crippen LogP contribution in [0.25, 0.3) is 0 Å². The van der Waals surface area contributed by atoms with Crippen LogP contribution < -0.4 is 10.6 Å². The summed E-state index contributed by atoms with van der Waals surface area (Å²) in [7, 11) is 1.77. The van der Waals surface area contributed by atoms with Gasteiger partial charge in [0.05, 0.1) is 0 Å². The summed E-state index contributed by atoms with van der Waals surface area (Å²) in [5, 5.41) is 0. The summed E-state index contributed by atoms with van der Waals surface area (Å²) in [6.07, 6.45) is 0.536. The van der Waals surface area contributed by atoms with Gasteiger partial charge in [0.1, 0.15) is 4.99 Å². The summed E-state index contributed by atoms with van der Waals surface area (Å²) in [6.45, 7) is 4.05. The number of nitrogens with two attached hydrogens (primary N) is 1. The van der Waals surface area contributed by atoms with E-state index in [1.807, 2.05) is 38.1 Å². The smallest absolute Gasteiger partial charge is 0.226 e. The van der Waals surface area contributed by atoms with Crippen molar-refractivity contribution in [2.45, 2.75) is 20.3 Å². The second-order valence-electron chi connectivity index (χ2n) is 4.47. The lowest BCUT2D eigenvalue weighted by Gasteiger charge is -2.19. The van der Waals surface area contributed by atoms with E-state index in [0.717, 1.165) is 11.3 Å². The second-order valence-corrected chi connectivity index (χ2v) is 4.91.